The van der Waals surface area contributed by atoms with Gasteiger partial charge in [0, 0.05) is 5.69 Å². The smallest absolute Gasteiger partial charge is 0.0423 e. The van der Waals surface area contributed by atoms with Crippen molar-refractivity contribution < 1.29 is 0 Å². The number of benzene rings is 1. The van der Waals surface area contributed by atoms with E-state index in [1.807, 2.05) is 4.44 Å². The molecule has 0 aliphatic carbocycles. The Kier molecular flexibility index (Phi) is 8.64. The molecule has 0 N–H and O–H groups in total. The van der Waals surface area contributed by atoms with Gasteiger partial charge >= 0.3 is 0 Å². The number of hydrogen-bond donors (Lipinski definition) is 0. The van der Waals surface area contributed by atoms with E-state index in [4.69, 9.17) is 0 Å². The van der Waals surface area contributed by atoms with E-state index in [1.165, 1.54) is 62.6 Å². The molecular weight excluding hydrogens is 256 g/mol. The SMILES string of the molecule is CCCCCCCCCc1ccc(N(P)P)cc1. The van der Waals surface area contributed by atoms with Crippen LogP contribution >= 0.6 is 18.8 Å². The van der Waals surface area contributed by atoms with Crippen LogP contribution in [0.5, 0.6) is 0 Å². The van der Waals surface area contributed by atoms with Gasteiger partial charge in [-0.3, -0.25) is 0 Å². The summed E-state index contributed by atoms with van der Waals surface area (Å²) >= 11 is 0. The molecule has 0 saturated heterocycles. The summed E-state index contributed by atoms with van der Waals surface area (Å²) < 4.78 is 1.98. The molecule has 0 amide bonds. The predicted octanol–water partition coefficient (Wildman–Crippen LogP) is 5.37. The fourth-order valence-electron chi connectivity index (χ4n) is 2.12. The molecule has 0 radical (unpaired) electrons. The second-order valence-electron chi connectivity index (χ2n) is 4.95. The van der Waals surface area contributed by atoms with Crippen molar-refractivity contribution in [3.05, 3.63) is 29.8 Å². The molecule has 0 saturated carbocycles. The van der Waals surface area contributed by atoms with Crippen LogP contribution in [-0.2, 0) is 6.42 Å². The molecule has 1 rings (SSSR count). The highest BCUT2D eigenvalue weighted by Gasteiger charge is 1.97. The minimum atomic E-state index is 1.22. The van der Waals surface area contributed by atoms with Crippen LogP contribution in [0, 0.1) is 0 Å². The summed E-state index contributed by atoms with van der Waals surface area (Å²) in [6, 6.07) is 8.84. The lowest BCUT2D eigenvalue weighted by atomic mass is 10.0. The number of hydrogen-bond acceptors (Lipinski definition) is 1. The molecule has 0 heterocycles. The van der Waals surface area contributed by atoms with Crippen molar-refractivity contribution in [3.63, 3.8) is 0 Å². The number of nitrogens with zero attached hydrogens (tertiary/aromatic N) is 1. The van der Waals surface area contributed by atoms with Gasteiger partial charge in [-0.2, -0.15) is 0 Å². The Bertz CT molecular complexity index is 309. The number of anilines is 1. The van der Waals surface area contributed by atoms with Crippen LogP contribution in [0.3, 0.4) is 0 Å². The highest BCUT2D eigenvalue weighted by Crippen LogP contribution is 2.23. The van der Waals surface area contributed by atoms with Crippen LogP contribution in [0.4, 0.5) is 5.69 Å². The van der Waals surface area contributed by atoms with E-state index in [0.717, 1.165) is 0 Å². The quantitative estimate of drug-likeness (QED) is 0.435. The van der Waals surface area contributed by atoms with E-state index >= 15 is 0 Å². The molecular formula is C15H27NP2. The molecule has 1 nitrogen and oxygen atoms in total. The average molecular weight is 283 g/mol. The third kappa shape index (κ3) is 6.72. The minimum absolute atomic E-state index is 1.22. The molecule has 0 aliphatic rings. The molecule has 2 atom stereocenters. The molecule has 1 aromatic carbocycles. The monoisotopic (exact) mass is 283 g/mol. The first-order chi connectivity index (χ1) is 8.74. The van der Waals surface area contributed by atoms with Gasteiger partial charge in [-0.15, -0.1) is 0 Å². The van der Waals surface area contributed by atoms with Crippen molar-refractivity contribution >= 4 is 24.5 Å². The fraction of sp³-hybridized carbons (Fsp3) is 0.600. The van der Waals surface area contributed by atoms with Crippen molar-refractivity contribution in [3.8, 4) is 0 Å². The summed E-state index contributed by atoms with van der Waals surface area (Å²) in [6.45, 7) is 2.27. The van der Waals surface area contributed by atoms with Gasteiger partial charge in [-0.25, -0.2) is 0 Å². The van der Waals surface area contributed by atoms with Crippen LogP contribution < -0.4 is 4.44 Å². The van der Waals surface area contributed by atoms with Gasteiger partial charge in [0.1, 0.15) is 0 Å². The van der Waals surface area contributed by atoms with Gasteiger partial charge in [0.15, 0.2) is 0 Å². The van der Waals surface area contributed by atoms with Crippen LogP contribution in [0.25, 0.3) is 0 Å². The van der Waals surface area contributed by atoms with E-state index in [-0.39, 0.29) is 0 Å². The fourth-order valence-corrected chi connectivity index (χ4v) is 2.47. The number of rotatable bonds is 9. The van der Waals surface area contributed by atoms with Gasteiger partial charge in [-0.1, -0.05) is 57.6 Å². The number of aryl methyl sites for hydroxylation is 1. The largest absolute Gasteiger partial charge is 0.341 e. The van der Waals surface area contributed by atoms with Crippen molar-refractivity contribution in [2.24, 2.45) is 0 Å². The van der Waals surface area contributed by atoms with Crippen LogP contribution in [0.15, 0.2) is 24.3 Å². The highest BCUT2D eigenvalue weighted by atomic mass is 31.1. The molecule has 2 unspecified atom stereocenters. The zero-order valence-corrected chi connectivity index (χ0v) is 13.9. The lowest BCUT2D eigenvalue weighted by molar-refractivity contribution is 0.589. The predicted molar refractivity (Wildman–Crippen MR) is 90.0 cm³/mol. The van der Waals surface area contributed by atoms with E-state index in [2.05, 4.69) is 50.0 Å². The lowest BCUT2D eigenvalue weighted by Crippen LogP contribution is -1.91. The van der Waals surface area contributed by atoms with Crippen molar-refractivity contribution in [2.45, 2.75) is 58.3 Å². The Balaban J connectivity index is 2.12. The zero-order valence-electron chi connectivity index (χ0n) is 11.6. The minimum Gasteiger partial charge on any atom is -0.341 e. The topological polar surface area (TPSA) is 3.24 Å². The molecule has 0 spiro atoms. The standard InChI is InChI=1S/C15H27NP2/c1-2-3-4-5-6-7-8-9-14-10-12-15(13-11-14)16(17)18/h10-13H,2-9,17-18H2,1H3. The van der Waals surface area contributed by atoms with Gasteiger partial charge in [-0.05, 0) is 49.3 Å². The normalized spacial score (nSPS) is 10.6. The van der Waals surface area contributed by atoms with Crippen molar-refractivity contribution in [1.29, 1.82) is 0 Å². The first-order valence-corrected chi connectivity index (χ1v) is 8.15. The van der Waals surface area contributed by atoms with E-state index in [9.17, 15) is 0 Å². The summed E-state index contributed by atoms with van der Waals surface area (Å²) in [7, 11) is 5.30. The summed E-state index contributed by atoms with van der Waals surface area (Å²) in [5.74, 6) is 0. The first kappa shape index (κ1) is 15.9. The molecule has 1 aromatic rings. The van der Waals surface area contributed by atoms with Crippen molar-refractivity contribution in [1.82, 2.24) is 0 Å². The van der Waals surface area contributed by atoms with E-state index < -0.39 is 0 Å². The molecule has 3 heteroatoms. The Labute approximate surface area is 117 Å². The Morgan fingerprint density at radius 3 is 1.94 bits per heavy atom. The second-order valence-corrected chi connectivity index (χ2v) is 6.65. The van der Waals surface area contributed by atoms with E-state index in [1.54, 1.807) is 0 Å². The highest BCUT2D eigenvalue weighted by molar-refractivity contribution is 7.39. The summed E-state index contributed by atoms with van der Waals surface area (Å²) in [5, 5.41) is 0. The third-order valence-electron chi connectivity index (χ3n) is 3.30. The molecule has 0 fully saturated rings. The van der Waals surface area contributed by atoms with Gasteiger partial charge in [0.2, 0.25) is 0 Å². The molecule has 0 aliphatic heterocycles. The number of unbranched alkanes of at least 4 members (excludes halogenated alkanes) is 6. The van der Waals surface area contributed by atoms with Gasteiger partial charge in [0.25, 0.3) is 0 Å². The molecule has 18 heavy (non-hydrogen) atoms. The Morgan fingerprint density at radius 2 is 1.39 bits per heavy atom. The Hall–Kier alpha value is -0.120. The lowest BCUT2D eigenvalue weighted by Gasteiger charge is -2.11. The third-order valence-corrected chi connectivity index (χ3v) is 3.90. The molecule has 0 aromatic heterocycles. The van der Waals surface area contributed by atoms with E-state index in [0.29, 0.717) is 0 Å². The first-order valence-electron chi connectivity index (χ1n) is 7.12. The maximum atomic E-state index is 2.65. The zero-order chi connectivity index (χ0) is 13.2. The van der Waals surface area contributed by atoms with Crippen LogP contribution in [0.2, 0.25) is 0 Å². The maximum Gasteiger partial charge on any atom is 0.0423 e. The molecule has 0 bridgehead atoms. The molecule has 102 valence electrons. The van der Waals surface area contributed by atoms with Crippen LogP contribution in [0.1, 0.15) is 57.4 Å². The van der Waals surface area contributed by atoms with Gasteiger partial charge in [0.05, 0.1) is 0 Å². The maximum absolute atomic E-state index is 2.65. The summed E-state index contributed by atoms with van der Waals surface area (Å²) in [6.07, 6.45) is 10.9. The Morgan fingerprint density at radius 1 is 0.833 bits per heavy atom. The van der Waals surface area contributed by atoms with Gasteiger partial charge < -0.3 is 4.44 Å². The average Bonchev–Trinajstić information content (AvgIpc) is 2.38. The summed E-state index contributed by atoms with van der Waals surface area (Å²) in [5.41, 5.74) is 2.68. The van der Waals surface area contributed by atoms with Crippen molar-refractivity contribution in [2.75, 3.05) is 4.44 Å². The van der Waals surface area contributed by atoms with Crippen LogP contribution in [-0.4, -0.2) is 0 Å². The summed E-state index contributed by atoms with van der Waals surface area (Å²) in [4.78, 5) is 0. The second kappa shape index (κ2) is 9.76.